The Kier molecular flexibility index (Phi) is 8.19. The van der Waals surface area contributed by atoms with E-state index in [-0.39, 0.29) is 24.1 Å². The molecule has 4 aliphatic rings. The topological polar surface area (TPSA) is 97.0 Å². The number of carbonyl (C=O) groups is 3. The molecule has 196 valence electrons. The molecule has 1 aromatic rings. The summed E-state index contributed by atoms with van der Waals surface area (Å²) in [6.45, 7) is 10.8. The summed E-state index contributed by atoms with van der Waals surface area (Å²) in [6.07, 6.45) is 5.53. The quantitative estimate of drug-likeness (QED) is 0.350. The SMILES string of the molecule is O=C1CCC(N2Cc3c(NCCCCN4CCC(CN5CCNCC5)CC4)cccc3C2=O)C(=O)N1. The summed E-state index contributed by atoms with van der Waals surface area (Å²) >= 11 is 0. The molecule has 5 rings (SSSR count). The van der Waals surface area contributed by atoms with Gasteiger partial charge < -0.3 is 25.3 Å². The Morgan fingerprint density at radius 1 is 0.944 bits per heavy atom. The van der Waals surface area contributed by atoms with Crippen LogP contribution in [0.25, 0.3) is 0 Å². The molecule has 3 N–H and O–H groups in total. The van der Waals surface area contributed by atoms with Crippen LogP contribution < -0.4 is 16.0 Å². The van der Waals surface area contributed by atoms with Gasteiger partial charge in [0.05, 0.1) is 0 Å². The van der Waals surface area contributed by atoms with Gasteiger partial charge in [0, 0.05) is 69.0 Å². The van der Waals surface area contributed by atoms with E-state index in [0.717, 1.165) is 56.2 Å². The Labute approximate surface area is 213 Å². The van der Waals surface area contributed by atoms with Gasteiger partial charge in [-0.05, 0) is 69.8 Å². The van der Waals surface area contributed by atoms with Crippen molar-refractivity contribution in [3.63, 3.8) is 0 Å². The van der Waals surface area contributed by atoms with E-state index >= 15 is 0 Å². The molecule has 3 amide bonds. The highest BCUT2D eigenvalue weighted by Crippen LogP contribution is 2.32. The third-order valence-corrected chi connectivity index (χ3v) is 8.23. The molecule has 9 nitrogen and oxygen atoms in total. The van der Waals surface area contributed by atoms with Gasteiger partial charge in [0.1, 0.15) is 6.04 Å². The number of amides is 3. The fourth-order valence-electron chi connectivity index (χ4n) is 6.09. The lowest BCUT2D eigenvalue weighted by Gasteiger charge is -2.36. The molecule has 0 spiro atoms. The van der Waals surface area contributed by atoms with Crippen LogP contribution in [0.5, 0.6) is 0 Å². The van der Waals surface area contributed by atoms with E-state index in [9.17, 15) is 14.4 Å². The van der Waals surface area contributed by atoms with Crippen molar-refractivity contribution in [1.82, 2.24) is 25.3 Å². The van der Waals surface area contributed by atoms with E-state index in [4.69, 9.17) is 0 Å². The molecule has 4 heterocycles. The van der Waals surface area contributed by atoms with Crippen LogP contribution in [0.2, 0.25) is 0 Å². The van der Waals surface area contributed by atoms with Gasteiger partial charge in [0.15, 0.2) is 0 Å². The Morgan fingerprint density at radius 3 is 2.53 bits per heavy atom. The maximum absolute atomic E-state index is 13.0. The minimum Gasteiger partial charge on any atom is -0.385 e. The maximum Gasteiger partial charge on any atom is 0.255 e. The predicted molar refractivity (Wildman–Crippen MR) is 139 cm³/mol. The highest BCUT2D eigenvalue weighted by molar-refractivity contribution is 6.06. The summed E-state index contributed by atoms with van der Waals surface area (Å²) < 4.78 is 0. The number of unbranched alkanes of at least 4 members (excludes halogenated alkanes) is 1. The molecule has 0 saturated carbocycles. The summed E-state index contributed by atoms with van der Waals surface area (Å²) in [7, 11) is 0. The number of rotatable bonds is 9. The zero-order valence-electron chi connectivity index (χ0n) is 21.3. The molecular weight excluding hydrogens is 456 g/mol. The number of benzene rings is 1. The fourth-order valence-corrected chi connectivity index (χ4v) is 6.09. The number of piperidine rings is 2. The van der Waals surface area contributed by atoms with Crippen molar-refractivity contribution in [2.45, 2.75) is 51.1 Å². The highest BCUT2D eigenvalue weighted by Gasteiger charge is 2.39. The number of hydrogen-bond donors (Lipinski definition) is 3. The average Bonchev–Trinajstić information content (AvgIpc) is 3.22. The number of carbonyl (C=O) groups excluding carboxylic acids is 3. The van der Waals surface area contributed by atoms with Crippen molar-refractivity contribution in [1.29, 1.82) is 0 Å². The smallest absolute Gasteiger partial charge is 0.255 e. The van der Waals surface area contributed by atoms with Gasteiger partial charge in [0.25, 0.3) is 5.91 Å². The first kappa shape index (κ1) is 25.2. The van der Waals surface area contributed by atoms with Crippen molar-refractivity contribution >= 4 is 23.4 Å². The van der Waals surface area contributed by atoms with E-state index in [0.29, 0.717) is 18.5 Å². The second-order valence-electron chi connectivity index (χ2n) is 10.7. The Bertz CT molecular complexity index is 955. The predicted octanol–water partition coefficient (Wildman–Crippen LogP) is 1.26. The molecule has 1 atom stereocenters. The zero-order chi connectivity index (χ0) is 24.9. The van der Waals surface area contributed by atoms with Crippen LogP contribution in [0.1, 0.15) is 54.4 Å². The minimum atomic E-state index is -0.573. The molecule has 1 aromatic carbocycles. The third kappa shape index (κ3) is 5.90. The van der Waals surface area contributed by atoms with Gasteiger partial charge >= 0.3 is 0 Å². The molecule has 4 aliphatic heterocycles. The van der Waals surface area contributed by atoms with Crippen molar-refractivity contribution in [3.8, 4) is 0 Å². The number of fused-ring (bicyclic) bond motifs is 1. The fraction of sp³-hybridized carbons (Fsp3) is 0.667. The van der Waals surface area contributed by atoms with Gasteiger partial charge in [-0.25, -0.2) is 0 Å². The van der Waals surface area contributed by atoms with Crippen molar-refractivity contribution < 1.29 is 14.4 Å². The Morgan fingerprint density at radius 2 is 1.75 bits per heavy atom. The first-order valence-corrected chi connectivity index (χ1v) is 13.7. The second-order valence-corrected chi connectivity index (χ2v) is 10.7. The minimum absolute atomic E-state index is 0.122. The van der Waals surface area contributed by atoms with Crippen molar-refractivity contribution in [2.24, 2.45) is 5.92 Å². The molecule has 0 aromatic heterocycles. The van der Waals surface area contributed by atoms with Crippen LogP contribution in [0, 0.1) is 5.92 Å². The standard InChI is InChI=1S/C27H40N6O3/c34-25-7-6-24(26(35)30-25)33-19-22-21(27(33)36)4-3-5-23(22)29-10-1-2-13-31-14-8-20(9-15-31)18-32-16-11-28-12-17-32/h3-5,20,24,28-29H,1-2,6-19H2,(H,30,34,35). The molecule has 0 radical (unpaired) electrons. The first-order valence-electron chi connectivity index (χ1n) is 13.7. The van der Waals surface area contributed by atoms with Crippen LogP contribution in [-0.4, -0.2) is 97.4 Å². The van der Waals surface area contributed by atoms with Gasteiger partial charge in [-0.3, -0.25) is 19.7 Å². The molecule has 3 saturated heterocycles. The summed E-state index contributed by atoms with van der Waals surface area (Å²) in [5.74, 6) is 0.101. The normalized spacial score (nSPS) is 24.2. The van der Waals surface area contributed by atoms with Gasteiger partial charge in [-0.1, -0.05) is 6.07 Å². The monoisotopic (exact) mass is 496 g/mol. The Hall–Kier alpha value is -2.49. The third-order valence-electron chi connectivity index (χ3n) is 8.23. The lowest BCUT2D eigenvalue weighted by Crippen LogP contribution is -2.52. The molecular formula is C27H40N6O3. The van der Waals surface area contributed by atoms with E-state index < -0.39 is 6.04 Å². The lowest BCUT2D eigenvalue weighted by atomic mass is 9.95. The number of piperazine rings is 1. The van der Waals surface area contributed by atoms with Gasteiger partial charge in [0.2, 0.25) is 11.8 Å². The number of anilines is 1. The molecule has 3 fully saturated rings. The number of nitrogens with one attached hydrogen (secondary N) is 3. The Balaban J connectivity index is 1.03. The highest BCUT2D eigenvalue weighted by atomic mass is 16.2. The second kappa shape index (κ2) is 11.7. The van der Waals surface area contributed by atoms with E-state index in [1.165, 1.54) is 45.6 Å². The molecule has 0 aliphatic carbocycles. The summed E-state index contributed by atoms with van der Waals surface area (Å²) in [6, 6.07) is 5.18. The molecule has 0 bridgehead atoms. The average molecular weight is 497 g/mol. The number of likely N-dealkylation sites (tertiary alicyclic amines) is 1. The maximum atomic E-state index is 13.0. The van der Waals surface area contributed by atoms with Crippen LogP contribution >= 0.6 is 0 Å². The van der Waals surface area contributed by atoms with Crippen LogP contribution in [-0.2, 0) is 16.1 Å². The summed E-state index contributed by atoms with van der Waals surface area (Å²) in [5, 5.41) is 9.34. The molecule has 36 heavy (non-hydrogen) atoms. The van der Waals surface area contributed by atoms with Gasteiger partial charge in [-0.2, -0.15) is 0 Å². The first-order chi connectivity index (χ1) is 17.6. The van der Waals surface area contributed by atoms with Crippen LogP contribution in [0.4, 0.5) is 5.69 Å². The number of imide groups is 1. The van der Waals surface area contributed by atoms with Crippen LogP contribution in [0.3, 0.4) is 0 Å². The van der Waals surface area contributed by atoms with E-state index in [2.05, 4.69) is 25.8 Å². The largest absolute Gasteiger partial charge is 0.385 e. The number of nitrogens with zero attached hydrogens (tertiary/aromatic N) is 3. The summed E-state index contributed by atoms with van der Waals surface area (Å²) in [5.41, 5.74) is 2.59. The van der Waals surface area contributed by atoms with Crippen LogP contribution in [0.15, 0.2) is 18.2 Å². The van der Waals surface area contributed by atoms with Crippen molar-refractivity contribution in [3.05, 3.63) is 29.3 Å². The summed E-state index contributed by atoms with van der Waals surface area (Å²) in [4.78, 5) is 43.6. The molecule has 1 unspecified atom stereocenters. The van der Waals surface area contributed by atoms with Crippen molar-refractivity contribution in [2.75, 3.05) is 64.2 Å². The lowest BCUT2D eigenvalue weighted by molar-refractivity contribution is -0.136. The van der Waals surface area contributed by atoms with E-state index in [1.54, 1.807) is 4.90 Å². The zero-order valence-corrected chi connectivity index (χ0v) is 21.3. The molecule has 9 heteroatoms. The van der Waals surface area contributed by atoms with E-state index in [1.807, 2.05) is 18.2 Å². The van der Waals surface area contributed by atoms with Gasteiger partial charge in [-0.15, -0.1) is 0 Å². The number of hydrogen-bond acceptors (Lipinski definition) is 7.